The van der Waals surface area contributed by atoms with Gasteiger partial charge >= 0.3 is 11.9 Å². The van der Waals surface area contributed by atoms with Crippen molar-refractivity contribution in [2.75, 3.05) is 18.4 Å². The number of carboxylic acid groups (broad SMARTS) is 2. The summed E-state index contributed by atoms with van der Waals surface area (Å²) in [7, 11) is 0. The van der Waals surface area contributed by atoms with Crippen LogP contribution in [0.3, 0.4) is 0 Å². The Bertz CT molecular complexity index is 914. The van der Waals surface area contributed by atoms with Gasteiger partial charge in [-0.25, -0.2) is 0 Å². The summed E-state index contributed by atoms with van der Waals surface area (Å²) in [6.07, 6.45) is 1.43. The Morgan fingerprint density at radius 3 is 2.16 bits per heavy atom. The van der Waals surface area contributed by atoms with Gasteiger partial charge in [-0.15, -0.1) is 0 Å². The maximum Gasteiger partial charge on any atom is 0.303 e. The van der Waals surface area contributed by atoms with Crippen LogP contribution in [0.25, 0.3) is 0 Å². The number of Topliss-reactive ketones (excluding diaryl/α,β-unsaturated/α-hetero) is 1. The minimum atomic E-state index is -1.08. The quantitative estimate of drug-likeness (QED) is 0.478. The van der Waals surface area contributed by atoms with E-state index >= 15 is 0 Å². The predicted octanol–water partition coefficient (Wildman–Crippen LogP) is 3.78. The van der Waals surface area contributed by atoms with E-state index in [0.717, 1.165) is 47.8 Å². The van der Waals surface area contributed by atoms with Crippen LogP contribution in [0.15, 0.2) is 36.4 Å². The third-order valence-corrected chi connectivity index (χ3v) is 5.18. The number of rotatable bonds is 7. The highest BCUT2D eigenvalue weighted by atomic mass is 35.5. The second kappa shape index (κ2) is 12.1. The largest absolute Gasteiger partial charge is 0.481 e. The normalized spacial score (nSPS) is 12.6. The van der Waals surface area contributed by atoms with Crippen LogP contribution < -0.4 is 10.6 Å². The standard InChI is InChI=1S/C19H21ClN2O.C4H6O4/c1-13(23)15-4-2-14(3-5-15)12-22-19-17-9-11-21-10-8-16(17)6-7-18(19)20;5-3(6)1-2-4(7)8/h2-7,21-22H,8-12H2,1H3;1-2H2,(H,5,6)(H,7,8). The molecule has 2 aromatic carbocycles. The lowest BCUT2D eigenvalue weighted by Crippen LogP contribution is -2.16. The molecule has 0 aromatic heterocycles. The fraction of sp³-hybridized carbons (Fsp3) is 0.348. The average Bonchev–Trinajstić information content (AvgIpc) is 2.98. The van der Waals surface area contributed by atoms with E-state index in [1.807, 2.05) is 30.3 Å². The highest BCUT2D eigenvalue weighted by molar-refractivity contribution is 6.33. The van der Waals surface area contributed by atoms with Gasteiger partial charge in [0.15, 0.2) is 5.78 Å². The average molecular weight is 447 g/mol. The minimum Gasteiger partial charge on any atom is -0.481 e. The highest BCUT2D eigenvalue weighted by Crippen LogP contribution is 2.31. The Hall–Kier alpha value is -2.90. The van der Waals surface area contributed by atoms with Crippen molar-refractivity contribution in [3.63, 3.8) is 0 Å². The number of carboxylic acids is 2. The van der Waals surface area contributed by atoms with Crippen molar-refractivity contribution >= 4 is 35.0 Å². The summed E-state index contributed by atoms with van der Waals surface area (Å²) in [6.45, 7) is 4.28. The zero-order valence-corrected chi connectivity index (χ0v) is 18.2. The van der Waals surface area contributed by atoms with Gasteiger partial charge in [0.25, 0.3) is 0 Å². The molecule has 0 radical (unpaired) electrons. The number of carbonyl (C=O) groups excluding carboxylic acids is 1. The van der Waals surface area contributed by atoms with E-state index in [1.165, 1.54) is 11.1 Å². The SMILES string of the molecule is CC(=O)c1ccc(CNc2c(Cl)ccc3c2CCNCC3)cc1.O=C(O)CCC(=O)O. The van der Waals surface area contributed by atoms with Crippen molar-refractivity contribution in [3.05, 3.63) is 63.7 Å². The fourth-order valence-corrected chi connectivity index (χ4v) is 3.44. The number of hydrogen-bond acceptors (Lipinski definition) is 5. The first kappa shape index (κ1) is 24.4. The van der Waals surface area contributed by atoms with Crippen LogP contribution in [-0.2, 0) is 29.0 Å². The highest BCUT2D eigenvalue weighted by Gasteiger charge is 2.14. The molecule has 2 aromatic rings. The molecular weight excluding hydrogens is 420 g/mol. The minimum absolute atomic E-state index is 0.0911. The summed E-state index contributed by atoms with van der Waals surface area (Å²) in [6, 6.07) is 11.8. The van der Waals surface area contributed by atoms with Gasteiger partial charge in [-0.3, -0.25) is 14.4 Å². The molecule has 1 heterocycles. The molecule has 0 aliphatic carbocycles. The van der Waals surface area contributed by atoms with Gasteiger partial charge in [0.2, 0.25) is 0 Å². The van der Waals surface area contributed by atoms with Gasteiger partial charge in [0, 0.05) is 12.1 Å². The van der Waals surface area contributed by atoms with Crippen molar-refractivity contribution < 1.29 is 24.6 Å². The topological polar surface area (TPSA) is 116 Å². The first-order valence-electron chi connectivity index (χ1n) is 10.1. The van der Waals surface area contributed by atoms with Crippen molar-refractivity contribution in [1.82, 2.24) is 5.32 Å². The molecule has 1 aliphatic heterocycles. The molecular formula is C23H27ClN2O5. The fourth-order valence-electron chi connectivity index (χ4n) is 3.20. The summed E-state index contributed by atoms with van der Waals surface area (Å²) in [5.74, 6) is -2.06. The van der Waals surface area contributed by atoms with E-state index in [4.69, 9.17) is 21.8 Å². The molecule has 166 valence electrons. The Balaban J connectivity index is 0.000000366. The lowest BCUT2D eigenvalue weighted by Gasteiger charge is -2.16. The van der Waals surface area contributed by atoms with Gasteiger partial charge in [0.05, 0.1) is 23.6 Å². The third-order valence-electron chi connectivity index (χ3n) is 4.86. The Kier molecular flexibility index (Phi) is 9.49. The van der Waals surface area contributed by atoms with Crippen LogP contribution in [-0.4, -0.2) is 41.0 Å². The molecule has 0 saturated heterocycles. The van der Waals surface area contributed by atoms with E-state index in [2.05, 4.69) is 16.7 Å². The number of carbonyl (C=O) groups is 3. The summed E-state index contributed by atoms with van der Waals surface area (Å²) < 4.78 is 0. The number of hydrogen-bond donors (Lipinski definition) is 4. The Labute approximate surface area is 186 Å². The van der Waals surface area contributed by atoms with Crippen molar-refractivity contribution in [3.8, 4) is 0 Å². The van der Waals surface area contributed by atoms with Crippen LogP contribution in [0, 0.1) is 0 Å². The molecule has 0 saturated carbocycles. The summed E-state index contributed by atoms with van der Waals surface area (Å²) in [4.78, 5) is 30.6. The maximum absolute atomic E-state index is 11.3. The van der Waals surface area contributed by atoms with E-state index < -0.39 is 11.9 Å². The van der Waals surface area contributed by atoms with E-state index in [9.17, 15) is 14.4 Å². The van der Waals surface area contributed by atoms with Crippen molar-refractivity contribution in [2.24, 2.45) is 0 Å². The number of ketones is 1. The second-order valence-corrected chi connectivity index (χ2v) is 7.61. The second-order valence-electron chi connectivity index (χ2n) is 7.20. The molecule has 0 amide bonds. The predicted molar refractivity (Wildman–Crippen MR) is 120 cm³/mol. The zero-order valence-electron chi connectivity index (χ0n) is 17.4. The van der Waals surface area contributed by atoms with E-state index in [0.29, 0.717) is 6.54 Å². The lowest BCUT2D eigenvalue weighted by molar-refractivity contribution is -0.143. The molecule has 7 nitrogen and oxygen atoms in total. The molecule has 4 N–H and O–H groups in total. The van der Waals surface area contributed by atoms with Crippen LogP contribution in [0.4, 0.5) is 5.69 Å². The molecule has 0 unspecified atom stereocenters. The first-order valence-corrected chi connectivity index (χ1v) is 10.4. The lowest BCUT2D eigenvalue weighted by atomic mass is 10.0. The van der Waals surface area contributed by atoms with Gasteiger partial charge in [-0.05, 0) is 55.6 Å². The molecule has 0 fully saturated rings. The van der Waals surface area contributed by atoms with Crippen LogP contribution in [0.5, 0.6) is 0 Å². The molecule has 0 atom stereocenters. The van der Waals surface area contributed by atoms with Gasteiger partial charge in [0.1, 0.15) is 0 Å². The van der Waals surface area contributed by atoms with Crippen molar-refractivity contribution in [1.29, 1.82) is 0 Å². The number of benzene rings is 2. The molecule has 31 heavy (non-hydrogen) atoms. The van der Waals surface area contributed by atoms with Gasteiger partial charge in [-0.1, -0.05) is 41.9 Å². The first-order chi connectivity index (χ1) is 14.8. The van der Waals surface area contributed by atoms with Gasteiger partial charge < -0.3 is 20.8 Å². The van der Waals surface area contributed by atoms with Crippen molar-refractivity contribution in [2.45, 2.75) is 39.2 Å². The number of aliphatic carboxylic acids is 2. The Morgan fingerprint density at radius 2 is 1.58 bits per heavy atom. The summed E-state index contributed by atoms with van der Waals surface area (Å²) >= 11 is 6.42. The molecule has 0 bridgehead atoms. The van der Waals surface area contributed by atoms with Crippen LogP contribution in [0.1, 0.15) is 46.8 Å². The summed E-state index contributed by atoms with van der Waals surface area (Å²) in [5.41, 5.74) is 5.61. The molecule has 1 aliphatic rings. The molecule has 3 rings (SSSR count). The summed E-state index contributed by atoms with van der Waals surface area (Å²) in [5, 5.41) is 23.5. The van der Waals surface area contributed by atoms with E-state index in [-0.39, 0.29) is 18.6 Å². The molecule has 8 heteroatoms. The van der Waals surface area contributed by atoms with Crippen LogP contribution in [0.2, 0.25) is 5.02 Å². The monoisotopic (exact) mass is 446 g/mol. The number of anilines is 1. The number of nitrogens with one attached hydrogen (secondary N) is 2. The van der Waals surface area contributed by atoms with Gasteiger partial charge in [-0.2, -0.15) is 0 Å². The molecule has 0 spiro atoms. The Morgan fingerprint density at radius 1 is 0.968 bits per heavy atom. The smallest absolute Gasteiger partial charge is 0.303 e. The third kappa shape index (κ3) is 8.03. The van der Waals surface area contributed by atoms with Crippen LogP contribution >= 0.6 is 11.6 Å². The number of halogens is 1. The maximum atomic E-state index is 11.3. The zero-order chi connectivity index (χ0) is 22.8. The number of fused-ring (bicyclic) bond motifs is 1. The van der Waals surface area contributed by atoms with E-state index in [1.54, 1.807) is 6.92 Å².